The second-order valence-corrected chi connectivity index (χ2v) is 8.46. The van der Waals surface area contributed by atoms with E-state index >= 15 is 0 Å². The normalized spacial score (nSPS) is 18.7. The van der Waals surface area contributed by atoms with Gasteiger partial charge in [0.15, 0.2) is 0 Å². The van der Waals surface area contributed by atoms with Crippen molar-refractivity contribution in [2.24, 2.45) is 11.8 Å². The van der Waals surface area contributed by atoms with Crippen LogP contribution >= 0.6 is 0 Å². The summed E-state index contributed by atoms with van der Waals surface area (Å²) in [6, 6.07) is 0. The smallest absolute Gasteiger partial charge is 0.220 e. The van der Waals surface area contributed by atoms with Crippen LogP contribution in [0.15, 0.2) is 0 Å². The van der Waals surface area contributed by atoms with E-state index in [1.165, 1.54) is 42.7 Å². The fourth-order valence-electron chi connectivity index (χ4n) is 2.93. The molecule has 0 aromatic carbocycles. The molecule has 124 valence electrons. The number of rotatable bonds is 8. The van der Waals surface area contributed by atoms with Gasteiger partial charge < -0.3 is 5.32 Å². The summed E-state index contributed by atoms with van der Waals surface area (Å²) in [6.07, 6.45) is 8.88. The van der Waals surface area contributed by atoms with Crippen molar-refractivity contribution < 1.29 is 13.2 Å². The molecular formula is C15H30N2O3S. The second-order valence-electron chi connectivity index (χ2n) is 6.37. The van der Waals surface area contributed by atoms with E-state index in [0.717, 1.165) is 0 Å². The second kappa shape index (κ2) is 8.73. The molecule has 1 amide bonds. The number of sulfonamides is 1. The van der Waals surface area contributed by atoms with Crippen LogP contribution in [0, 0.1) is 11.8 Å². The first kappa shape index (κ1) is 18.4. The first-order valence-corrected chi connectivity index (χ1v) is 9.83. The monoisotopic (exact) mass is 318 g/mol. The molecule has 0 spiro atoms. The van der Waals surface area contributed by atoms with Gasteiger partial charge in [-0.2, -0.15) is 0 Å². The number of nitrogens with zero attached hydrogens (tertiary/aromatic N) is 1. The van der Waals surface area contributed by atoms with E-state index in [0.29, 0.717) is 37.8 Å². The molecule has 1 N–H and O–H groups in total. The summed E-state index contributed by atoms with van der Waals surface area (Å²) in [5.41, 5.74) is 0. The van der Waals surface area contributed by atoms with Gasteiger partial charge in [-0.3, -0.25) is 4.79 Å². The van der Waals surface area contributed by atoms with Crippen molar-refractivity contribution in [3.05, 3.63) is 0 Å². The van der Waals surface area contributed by atoms with E-state index < -0.39 is 10.0 Å². The molecule has 0 saturated heterocycles. The standard InChI is InChI=1S/C15H30N2O3S/c1-13(14-8-5-4-6-9-14)12-15(18)16-10-7-11-17(2)21(3,19)20/h13-14H,4-12H2,1-3H3,(H,16,18)/t13-/m0/s1. The van der Waals surface area contributed by atoms with Gasteiger partial charge >= 0.3 is 0 Å². The lowest BCUT2D eigenvalue weighted by molar-refractivity contribution is -0.122. The number of hydrogen-bond acceptors (Lipinski definition) is 3. The summed E-state index contributed by atoms with van der Waals surface area (Å²) in [4.78, 5) is 11.9. The highest BCUT2D eigenvalue weighted by Gasteiger charge is 2.21. The molecule has 0 radical (unpaired) electrons. The Morgan fingerprint density at radius 1 is 1.29 bits per heavy atom. The maximum atomic E-state index is 11.9. The van der Waals surface area contributed by atoms with Crippen molar-refractivity contribution >= 4 is 15.9 Å². The van der Waals surface area contributed by atoms with Crippen LogP contribution in [0.1, 0.15) is 51.9 Å². The van der Waals surface area contributed by atoms with Crippen LogP contribution in [0.3, 0.4) is 0 Å². The van der Waals surface area contributed by atoms with E-state index in [-0.39, 0.29) is 5.91 Å². The van der Waals surface area contributed by atoms with Crippen LogP contribution in [-0.4, -0.2) is 45.0 Å². The molecule has 0 aliphatic heterocycles. The van der Waals surface area contributed by atoms with Gasteiger partial charge in [0.1, 0.15) is 0 Å². The molecule has 1 fully saturated rings. The molecular weight excluding hydrogens is 288 g/mol. The molecule has 1 atom stereocenters. The molecule has 0 aromatic heterocycles. The quantitative estimate of drug-likeness (QED) is 0.696. The first-order chi connectivity index (χ1) is 9.80. The highest BCUT2D eigenvalue weighted by atomic mass is 32.2. The molecule has 0 aromatic rings. The van der Waals surface area contributed by atoms with Gasteiger partial charge in [0.25, 0.3) is 0 Å². The van der Waals surface area contributed by atoms with Crippen molar-refractivity contribution in [3.8, 4) is 0 Å². The average Bonchev–Trinajstić information content (AvgIpc) is 2.43. The van der Waals surface area contributed by atoms with Crippen molar-refractivity contribution in [1.82, 2.24) is 9.62 Å². The third kappa shape index (κ3) is 7.27. The lowest BCUT2D eigenvalue weighted by Gasteiger charge is -2.27. The minimum atomic E-state index is -3.12. The van der Waals surface area contributed by atoms with Gasteiger partial charge in [0.2, 0.25) is 15.9 Å². The lowest BCUT2D eigenvalue weighted by Crippen LogP contribution is -2.32. The SMILES string of the molecule is C[C@@H](CC(=O)NCCCN(C)S(C)(=O)=O)C1CCCCC1. The van der Waals surface area contributed by atoms with E-state index in [4.69, 9.17) is 0 Å². The van der Waals surface area contributed by atoms with Gasteiger partial charge in [-0.1, -0.05) is 39.0 Å². The van der Waals surface area contributed by atoms with Gasteiger partial charge in [0, 0.05) is 26.6 Å². The largest absolute Gasteiger partial charge is 0.356 e. The zero-order chi connectivity index (χ0) is 15.9. The van der Waals surface area contributed by atoms with Crippen molar-refractivity contribution in [2.45, 2.75) is 51.9 Å². The molecule has 1 rings (SSSR count). The van der Waals surface area contributed by atoms with E-state index in [9.17, 15) is 13.2 Å². The molecule has 21 heavy (non-hydrogen) atoms. The van der Waals surface area contributed by atoms with E-state index in [1.807, 2.05) is 0 Å². The van der Waals surface area contributed by atoms with Crippen LogP contribution in [0.4, 0.5) is 0 Å². The summed E-state index contributed by atoms with van der Waals surface area (Å²) in [6.45, 7) is 3.15. The van der Waals surface area contributed by atoms with Crippen LogP contribution in [0.2, 0.25) is 0 Å². The topological polar surface area (TPSA) is 66.5 Å². The van der Waals surface area contributed by atoms with Crippen molar-refractivity contribution in [1.29, 1.82) is 0 Å². The highest BCUT2D eigenvalue weighted by Crippen LogP contribution is 2.31. The molecule has 1 aliphatic carbocycles. The Kier molecular flexibility index (Phi) is 7.66. The summed E-state index contributed by atoms with van der Waals surface area (Å²) in [5.74, 6) is 1.24. The summed E-state index contributed by atoms with van der Waals surface area (Å²) >= 11 is 0. The Morgan fingerprint density at radius 3 is 2.48 bits per heavy atom. The summed E-state index contributed by atoms with van der Waals surface area (Å²) < 4.78 is 23.7. The number of carbonyl (C=O) groups excluding carboxylic acids is 1. The molecule has 0 heterocycles. The number of hydrogen-bond donors (Lipinski definition) is 1. The van der Waals surface area contributed by atoms with Gasteiger partial charge in [0.05, 0.1) is 6.26 Å². The summed E-state index contributed by atoms with van der Waals surface area (Å²) in [5, 5.41) is 2.90. The number of nitrogens with one attached hydrogen (secondary N) is 1. The van der Waals surface area contributed by atoms with Gasteiger partial charge in [-0.05, 0) is 18.3 Å². The Balaban J connectivity index is 2.16. The predicted octanol–water partition coefficient (Wildman–Crippen LogP) is 1.99. The lowest BCUT2D eigenvalue weighted by atomic mass is 9.79. The number of amides is 1. The van der Waals surface area contributed by atoms with Gasteiger partial charge in [-0.15, -0.1) is 0 Å². The van der Waals surface area contributed by atoms with Crippen LogP contribution < -0.4 is 5.32 Å². The molecule has 1 aliphatic rings. The maximum absolute atomic E-state index is 11.9. The number of carbonyl (C=O) groups is 1. The van der Waals surface area contributed by atoms with E-state index in [1.54, 1.807) is 7.05 Å². The Morgan fingerprint density at radius 2 is 1.90 bits per heavy atom. The van der Waals surface area contributed by atoms with E-state index in [2.05, 4.69) is 12.2 Å². The van der Waals surface area contributed by atoms with Crippen LogP contribution in [0.5, 0.6) is 0 Å². The average molecular weight is 318 g/mol. The Labute approximate surface area is 129 Å². The van der Waals surface area contributed by atoms with Crippen molar-refractivity contribution in [2.75, 3.05) is 26.4 Å². The Bertz CT molecular complexity index is 417. The van der Waals surface area contributed by atoms with Gasteiger partial charge in [-0.25, -0.2) is 12.7 Å². The maximum Gasteiger partial charge on any atom is 0.220 e. The zero-order valence-corrected chi connectivity index (χ0v) is 14.4. The molecule has 0 bridgehead atoms. The first-order valence-electron chi connectivity index (χ1n) is 7.98. The molecule has 6 heteroatoms. The minimum Gasteiger partial charge on any atom is -0.356 e. The molecule has 0 unspecified atom stereocenters. The highest BCUT2D eigenvalue weighted by molar-refractivity contribution is 7.88. The fraction of sp³-hybridized carbons (Fsp3) is 0.933. The summed E-state index contributed by atoms with van der Waals surface area (Å²) in [7, 11) is -1.56. The zero-order valence-electron chi connectivity index (χ0n) is 13.6. The molecule has 5 nitrogen and oxygen atoms in total. The third-order valence-electron chi connectivity index (χ3n) is 4.50. The Hall–Kier alpha value is -0.620. The fourth-order valence-corrected chi connectivity index (χ4v) is 3.39. The third-order valence-corrected chi connectivity index (χ3v) is 5.81. The minimum absolute atomic E-state index is 0.0927. The van der Waals surface area contributed by atoms with Crippen molar-refractivity contribution in [3.63, 3.8) is 0 Å². The van der Waals surface area contributed by atoms with Crippen LogP contribution in [-0.2, 0) is 14.8 Å². The predicted molar refractivity (Wildman–Crippen MR) is 85.5 cm³/mol. The van der Waals surface area contributed by atoms with Crippen LogP contribution in [0.25, 0.3) is 0 Å². The molecule has 1 saturated carbocycles.